The van der Waals surface area contributed by atoms with Crippen molar-refractivity contribution in [3.8, 4) is 0 Å². The Morgan fingerprint density at radius 3 is 2.52 bits per heavy atom. The van der Waals surface area contributed by atoms with Crippen LogP contribution in [0, 0.1) is 13.8 Å². The second kappa shape index (κ2) is 10.8. The van der Waals surface area contributed by atoms with Gasteiger partial charge in [0.25, 0.3) is 5.91 Å². The van der Waals surface area contributed by atoms with Gasteiger partial charge in [-0.15, -0.1) is 0 Å². The molecule has 31 heavy (non-hydrogen) atoms. The molecule has 6 nitrogen and oxygen atoms in total. The van der Waals surface area contributed by atoms with E-state index in [0.29, 0.717) is 12.1 Å². The van der Waals surface area contributed by atoms with Gasteiger partial charge in [-0.2, -0.15) is 0 Å². The van der Waals surface area contributed by atoms with Crippen LogP contribution in [0.3, 0.4) is 0 Å². The van der Waals surface area contributed by atoms with Crippen LogP contribution in [0.2, 0.25) is 0 Å². The van der Waals surface area contributed by atoms with Gasteiger partial charge in [0.1, 0.15) is 0 Å². The number of carbonyl (C=O) groups is 1. The topological polar surface area (TPSA) is 60.0 Å². The van der Waals surface area contributed by atoms with Crippen molar-refractivity contribution in [1.29, 1.82) is 0 Å². The molecule has 6 heteroatoms. The number of nitrogens with zero attached hydrogens (tertiary/aromatic N) is 3. The molecule has 1 amide bonds. The maximum atomic E-state index is 11.8. The molecule has 3 rings (SSSR count). The number of rotatable bonds is 6. The highest BCUT2D eigenvalue weighted by molar-refractivity contribution is 5.94. The van der Waals surface area contributed by atoms with E-state index >= 15 is 0 Å². The summed E-state index contributed by atoms with van der Waals surface area (Å²) in [6.07, 6.45) is 0.808. The van der Waals surface area contributed by atoms with Crippen LogP contribution in [-0.2, 0) is 6.42 Å². The van der Waals surface area contributed by atoms with Crippen LogP contribution in [0.4, 0.5) is 5.69 Å². The van der Waals surface area contributed by atoms with E-state index < -0.39 is 0 Å². The zero-order valence-corrected chi connectivity index (χ0v) is 19.2. The summed E-state index contributed by atoms with van der Waals surface area (Å²) in [5.41, 5.74) is 5.88. The van der Waals surface area contributed by atoms with Crippen LogP contribution in [-0.4, -0.2) is 63.1 Å². The quantitative estimate of drug-likeness (QED) is 0.556. The summed E-state index contributed by atoms with van der Waals surface area (Å²) < 4.78 is 0. The first-order valence-corrected chi connectivity index (χ1v) is 11.2. The van der Waals surface area contributed by atoms with Gasteiger partial charge in [-0.3, -0.25) is 9.79 Å². The van der Waals surface area contributed by atoms with E-state index in [4.69, 9.17) is 4.99 Å². The summed E-state index contributed by atoms with van der Waals surface area (Å²) >= 11 is 0. The molecule has 0 bridgehead atoms. The molecular formula is C25H35N5O. The highest BCUT2D eigenvalue weighted by Crippen LogP contribution is 2.23. The lowest BCUT2D eigenvalue weighted by atomic mass is 10.1. The van der Waals surface area contributed by atoms with E-state index in [1.54, 1.807) is 7.05 Å². The number of piperazine rings is 1. The minimum absolute atomic E-state index is 0.0552. The summed E-state index contributed by atoms with van der Waals surface area (Å²) in [4.78, 5) is 21.5. The number of guanidine groups is 1. The number of benzene rings is 2. The molecule has 1 fully saturated rings. The van der Waals surface area contributed by atoms with Gasteiger partial charge in [0.2, 0.25) is 0 Å². The molecule has 0 radical (unpaired) electrons. The first-order chi connectivity index (χ1) is 15.0. The second-order valence-corrected chi connectivity index (χ2v) is 7.96. The predicted octanol–water partition coefficient (Wildman–Crippen LogP) is 2.99. The Kier molecular flexibility index (Phi) is 7.93. The molecule has 0 atom stereocenters. The van der Waals surface area contributed by atoms with E-state index in [1.807, 2.05) is 18.2 Å². The number of carbonyl (C=O) groups excluding carboxylic acids is 1. The Morgan fingerprint density at radius 1 is 1.06 bits per heavy atom. The first-order valence-electron chi connectivity index (χ1n) is 11.2. The zero-order chi connectivity index (χ0) is 22.2. The third kappa shape index (κ3) is 5.78. The maximum Gasteiger partial charge on any atom is 0.251 e. The predicted molar refractivity (Wildman–Crippen MR) is 129 cm³/mol. The third-order valence-corrected chi connectivity index (χ3v) is 5.91. The molecule has 2 aromatic rings. The van der Waals surface area contributed by atoms with E-state index in [0.717, 1.165) is 50.7 Å². The normalized spacial score (nSPS) is 14.5. The molecule has 166 valence electrons. The van der Waals surface area contributed by atoms with Crippen molar-refractivity contribution in [3.63, 3.8) is 0 Å². The van der Waals surface area contributed by atoms with Gasteiger partial charge in [-0.1, -0.05) is 24.3 Å². The molecule has 1 saturated heterocycles. The smallest absolute Gasteiger partial charge is 0.251 e. The van der Waals surface area contributed by atoms with Crippen LogP contribution >= 0.6 is 0 Å². The molecule has 0 aliphatic carbocycles. The largest absolute Gasteiger partial charge is 0.368 e. The summed E-state index contributed by atoms with van der Waals surface area (Å²) in [6, 6.07) is 14.3. The molecule has 1 heterocycles. The average molecular weight is 422 g/mol. The SMILES string of the molecule is CCNC(=NCCc1cccc(C(=O)NC)c1)N1CCN(c2cccc(C)c2C)CC1. The Morgan fingerprint density at radius 2 is 1.81 bits per heavy atom. The van der Waals surface area contributed by atoms with Gasteiger partial charge >= 0.3 is 0 Å². The third-order valence-electron chi connectivity index (χ3n) is 5.91. The molecule has 0 spiro atoms. The van der Waals surface area contributed by atoms with Gasteiger partial charge in [0, 0.05) is 57.6 Å². The lowest BCUT2D eigenvalue weighted by Crippen LogP contribution is -2.52. The number of anilines is 1. The van der Waals surface area contributed by atoms with Gasteiger partial charge in [0.15, 0.2) is 5.96 Å². The van der Waals surface area contributed by atoms with Gasteiger partial charge in [-0.05, 0) is 62.1 Å². The van der Waals surface area contributed by atoms with Gasteiger partial charge in [0.05, 0.1) is 0 Å². The van der Waals surface area contributed by atoms with E-state index in [-0.39, 0.29) is 5.91 Å². The summed E-state index contributed by atoms with van der Waals surface area (Å²) in [5.74, 6) is 0.922. The van der Waals surface area contributed by atoms with Crippen LogP contribution in [0.5, 0.6) is 0 Å². The Balaban J connectivity index is 1.60. The number of aliphatic imine (C=N–C) groups is 1. The van der Waals surface area contributed by atoms with Crippen molar-refractivity contribution in [3.05, 3.63) is 64.7 Å². The fraction of sp³-hybridized carbons (Fsp3) is 0.440. The van der Waals surface area contributed by atoms with Crippen LogP contribution in [0.1, 0.15) is 34.0 Å². The molecule has 0 aromatic heterocycles. The van der Waals surface area contributed by atoms with E-state index in [1.165, 1.54) is 16.8 Å². The summed E-state index contributed by atoms with van der Waals surface area (Å²) in [6.45, 7) is 11.9. The standard InChI is InChI=1S/C25H35N5O/c1-5-27-25(28-13-12-21-9-7-10-22(18-21)24(31)26-4)30-16-14-29(15-17-30)23-11-6-8-19(2)20(23)3/h6-11,18H,5,12-17H2,1-4H3,(H,26,31)(H,27,28). The number of hydrogen-bond donors (Lipinski definition) is 2. The van der Waals surface area contributed by atoms with Gasteiger partial charge in [-0.25, -0.2) is 0 Å². The maximum absolute atomic E-state index is 11.8. The van der Waals surface area contributed by atoms with Crippen LogP contribution in [0.15, 0.2) is 47.5 Å². The minimum atomic E-state index is -0.0552. The lowest BCUT2D eigenvalue weighted by molar-refractivity contribution is 0.0963. The van der Waals surface area contributed by atoms with E-state index in [2.05, 4.69) is 65.5 Å². The summed E-state index contributed by atoms with van der Waals surface area (Å²) in [5, 5.41) is 6.12. The van der Waals surface area contributed by atoms with Crippen molar-refractivity contribution < 1.29 is 4.79 Å². The number of hydrogen-bond acceptors (Lipinski definition) is 3. The molecule has 2 aromatic carbocycles. The zero-order valence-electron chi connectivity index (χ0n) is 19.2. The number of nitrogens with one attached hydrogen (secondary N) is 2. The van der Waals surface area contributed by atoms with E-state index in [9.17, 15) is 4.79 Å². The minimum Gasteiger partial charge on any atom is -0.368 e. The average Bonchev–Trinajstić information content (AvgIpc) is 2.80. The Labute approximate surface area is 186 Å². The van der Waals surface area contributed by atoms with Crippen molar-refractivity contribution in [1.82, 2.24) is 15.5 Å². The molecule has 0 unspecified atom stereocenters. The molecule has 0 saturated carbocycles. The molecule has 1 aliphatic rings. The molecule has 1 aliphatic heterocycles. The van der Waals surface area contributed by atoms with Crippen LogP contribution < -0.4 is 15.5 Å². The number of amides is 1. The Hall–Kier alpha value is -3.02. The molecular weight excluding hydrogens is 386 g/mol. The monoisotopic (exact) mass is 421 g/mol. The van der Waals surface area contributed by atoms with Crippen molar-refractivity contribution >= 4 is 17.6 Å². The Bertz CT molecular complexity index is 916. The first kappa shape index (κ1) is 22.7. The van der Waals surface area contributed by atoms with Gasteiger partial charge < -0.3 is 20.4 Å². The fourth-order valence-corrected chi connectivity index (χ4v) is 3.97. The van der Waals surface area contributed by atoms with Crippen LogP contribution in [0.25, 0.3) is 0 Å². The van der Waals surface area contributed by atoms with Crippen molar-refractivity contribution in [2.45, 2.75) is 27.2 Å². The second-order valence-electron chi connectivity index (χ2n) is 7.96. The fourth-order valence-electron chi connectivity index (χ4n) is 3.97. The summed E-state index contributed by atoms with van der Waals surface area (Å²) in [7, 11) is 1.65. The highest BCUT2D eigenvalue weighted by Gasteiger charge is 2.21. The lowest BCUT2D eigenvalue weighted by Gasteiger charge is -2.38. The number of aryl methyl sites for hydroxylation is 1. The molecule has 2 N–H and O–H groups in total. The van der Waals surface area contributed by atoms with Crippen molar-refractivity contribution in [2.24, 2.45) is 4.99 Å². The highest BCUT2D eigenvalue weighted by atomic mass is 16.1. The van der Waals surface area contributed by atoms with Crippen molar-refractivity contribution in [2.75, 3.05) is 51.2 Å².